The molecule has 0 radical (unpaired) electrons. The molecule has 0 saturated carbocycles. The van der Waals surface area contributed by atoms with Crippen LogP contribution in [0.1, 0.15) is 12.8 Å². The minimum absolute atomic E-state index is 0.0127. The number of carbonyl (C=O) groups is 2. The third-order valence-corrected chi connectivity index (χ3v) is 8.17. The SMILES string of the molecule is COc1ccc(NC(=O)CC2C(=O)N(c3cccc(OC)c3)C(=S)N2CCCN2CCN(c3ccccc3)CC2)cc1. The van der Waals surface area contributed by atoms with E-state index in [0.29, 0.717) is 34.5 Å². The summed E-state index contributed by atoms with van der Waals surface area (Å²) in [6.45, 7) is 5.36. The summed E-state index contributed by atoms with van der Waals surface area (Å²) in [7, 11) is 3.18. The molecule has 2 fully saturated rings. The van der Waals surface area contributed by atoms with Gasteiger partial charge in [-0.05, 0) is 73.7 Å². The van der Waals surface area contributed by atoms with E-state index < -0.39 is 6.04 Å². The van der Waals surface area contributed by atoms with Crippen LogP contribution < -0.4 is 24.6 Å². The zero-order valence-corrected chi connectivity index (χ0v) is 24.9. The number of benzene rings is 3. The van der Waals surface area contributed by atoms with E-state index >= 15 is 0 Å². The summed E-state index contributed by atoms with van der Waals surface area (Å²) in [5, 5.41) is 3.31. The fourth-order valence-electron chi connectivity index (χ4n) is 5.47. The van der Waals surface area contributed by atoms with Crippen molar-refractivity contribution in [2.75, 3.05) is 68.6 Å². The summed E-state index contributed by atoms with van der Waals surface area (Å²) in [6, 6.07) is 24.2. The third-order valence-electron chi connectivity index (χ3n) is 7.75. The van der Waals surface area contributed by atoms with Crippen molar-refractivity contribution in [3.8, 4) is 11.5 Å². The molecule has 0 aliphatic carbocycles. The highest BCUT2D eigenvalue weighted by Crippen LogP contribution is 2.30. The molecule has 3 aromatic carbocycles. The quantitative estimate of drug-likeness (QED) is 0.334. The highest BCUT2D eigenvalue weighted by molar-refractivity contribution is 7.80. The minimum atomic E-state index is -0.697. The van der Waals surface area contributed by atoms with Crippen LogP contribution in [0.15, 0.2) is 78.9 Å². The summed E-state index contributed by atoms with van der Waals surface area (Å²) in [6.07, 6.45) is 0.808. The number of methoxy groups -OCH3 is 2. The molecule has 220 valence electrons. The van der Waals surface area contributed by atoms with Crippen molar-refractivity contribution >= 4 is 46.2 Å². The molecule has 3 aromatic rings. The summed E-state index contributed by atoms with van der Waals surface area (Å²) in [5.74, 6) is 0.862. The first-order valence-electron chi connectivity index (χ1n) is 14.2. The van der Waals surface area contributed by atoms with Crippen LogP contribution in [-0.4, -0.2) is 86.3 Å². The maximum atomic E-state index is 13.8. The van der Waals surface area contributed by atoms with E-state index in [4.69, 9.17) is 21.7 Å². The zero-order valence-electron chi connectivity index (χ0n) is 24.1. The molecular weight excluding hydrogens is 550 g/mol. The molecule has 2 aliphatic rings. The fourth-order valence-corrected chi connectivity index (χ4v) is 5.88. The topological polar surface area (TPSA) is 77.6 Å². The van der Waals surface area contributed by atoms with Gasteiger partial charge in [0.25, 0.3) is 5.91 Å². The molecule has 42 heavy (non-hydrogen) atoms. The van der Waals surface area contributed by atoms with Crippen LogP contribution in [0.25, 0.3) is 0 Å². The van der Waals surface area contributed by atoms with Crippen LogP contribution in [0.2, 0.25) is 0 Å². The second-order valence-electron chi connectivity index (χ2n) is 10.4. The Hall–Kier alpha value is -4.15. The lowest BCUT2D eigenvalue weighted by atomic mass is 10.1. The fraction of sp³-hybridized carbons (Fsp3) is 0.344. The molecule has 1 atom stereocenters. The molecule has 0 spiro atoms. The molecule has 2 amide bonds. The number of carbonyl (C=O) groups excluding carboxylic acids is 2. The van der Waals surface area contributed by atoms with Crippen LogP contribution in [-0.2, 0) is 9.59 Å². The lowest BCUT2D eigenvalue weighted by Gasteiger charge is -2.36. The summed E-state index contributed by atoms with van der Waals surface area (Å²) >= 11 is 5.85. The lowest BCUT2D eigenvalue weighted by molar-refractivity contribution is -0.124. The molecule has 9 nitrogen and oxygen atoms in total. The van der Waals surface area contributed by atoms with Crippen molar-refractivity contribution in [2.24, 2.45) is 0 Å². The van der Waals surface area contributed by atoms with E-state index in [0.717, 1.165) is 39.1 Å². The Morgan fingerprint density at radius 1 is 0.857 bits per heavy atom. The van der Waals surface area contributed by atoms with E-state index in [1.165, 1.54) is 10.6 Å². The zero-order chi connectivity index (χ0) is 29.5. The van der Waals surface area contributed by atoms with E-state index in [2.05, 4.69) is 39.4 Å². The first-order chi connectivity index (χ1) is 20.5. The average molecular weight is 588 g/mol. The Bertz CT molecular complexity index is 1380. The molecule has 1 unspecified atom stereocenters. The van der Waals surface area contributed by atoms with Crippen LogP contribution in [0.4, 0.5) is 17.1 Å². The average Bonchev–Trinajstić information content (AvgIpc) is 3.26. The van der Waals surface area contributed by atoms with Crippen molar-refractivity contribution in [2.45, 2.75) is 18.9 Å². The van der Waals surface area contributed by atoms with E-state index in [1.807, 2.05) is 29.2 Å². The third kappa shape index (κ3) is 6.83. The molecule has 5 rings (SSSR count). The van der Waals surface area contributed by atoms with Crippen LogP contribution in [0, 0.1) is 0 Å². The Morgan fingerprint density at radius 2 is 1.55 bits per heavy atom. The van der Waals surface area contributed by atoms with Gasteiger partial charge in [0.15, 0.2) is 5.11 Å². The second-order valence-corrected chi connectivity index (χ2v) is 10.7. The minimum Gasteiger partial charge on any atom is -0.497 e. The number of thiocarbonyl (C=S) groups is 1. The predicted octanol–water partition coefficient (Wildman–Crippen LogP) is 4.25. The Labute approximate surface area is 252 Å². The number of piperazine rings is 1. The molecule has 0 aromatic heterocycles. The molecule has 10 heteroatoms. The predicted molar refractivity (Wildman–Crippen MR) is 170 cm³/mol. The van der Waals surface area contributed by atoms with Crippen molar-refractivity contribution in [3.63, 3.8) is 0 Å². The molecular formula is C32H37N5O4S. The summed E-state index contributed by atoms with van der Waals surface area (Å²) in [4.78, 5) is 35.2. The molecule has 1 N–H and O–H groups in total. The first-order valence-corrected chi connectivity index (χ1v) is 14.6. The van der Waals surface area contributed by atoms with Gasteiger partial charge in [0.2, 0.25) is 5.91 Å². The smallest absolute Gasteiger partial charge is 0.256 e. The lowest BCUT2D eigenvalue weighted by Crippen LogP contribution is -2.47. The van der Waals surface area contributed by atoms with Crippen molar-refractivity contribution in [1.82, 2.24) is 9.80 Å². The number of amides is 2. The number of nitrogens with zero attached hydrogens (tertiary/aromatic N) is 4. The largest absolute Gasteiger partial charge is 0.497 e. The molecule has 2 aliphatic heterocycles. The van der Waals surface area contributed by atoms with Gasteiger partial charge in [-0.3, -0.25) is 19.4 Å². The summed E-state index contributed by atoms with van der Waals surface area (Å²) < 4.78 is 10.6. The van der Waals surface area contributed by atoms with E-state index in [1.54, 1.807) is 44.6 Å². The number of anilines is 3. The van der Waals surface area contributed by atoms with Gasteiger partial charge in [-0.1, -0.05) is 24.3 Å². The van der Waals surface area contributed by atoms with Crippen LogP contribution >= 0.6 is 12.2 Å². The van der Waals surface area contributed by atoms with Crippen LogP contribution in [0.3, 0.4) is 0 Å². The van der Waals surface area contributed by atoms with Crippen molar-refractivity contribution < 1.29 is 19.1 Å². The second kappa shape index (κ2) is 13.7. The van der Waals surface area contributed by atoms with Gasteiger partial charge in [0, 0.05) is 50.2 Å². The van der Waals surface area contributed by atoms with Gasteiger partial charge in [-0.25, -0.2) is 0 Å². The monoisotopic (exact) mass is 587 g/mol. The van der Waals surface area contributed by atoms with E-state index in [9.17, 15) is 9.59 Å². The maximum absolute atomic E-state index is 13.8. The van der Waals surface area contributed by atoms with Gasteiger partial charge in [-0.15, -0.1) is 0 Å². The summed E-state index contributed by atoms with van der Waals surface area (Å²) in [5.41, 5.74) is 2.52. The Morgan fingerprint density at radius 3 is 2.24 bits per heavy atom. The number of para-hydroxylation sites is 1. The van der Waals surface area contributed by atoms with Gasteiger partial charge in [0.05, 0.1) is 26.3 Å². The Balaban J connectivity index is 1.24. The standard InChI is InChI=1S/C32H37N5O4S/c1-40-27-14-12-24(13-15-27)33-30(38)23-29-31(39)37(26-10-6-11-28(22-26)41-2)32(42)36(29)17-7-16-34-18-20-35(21-19-34)25-8-4-3-5-9-25/h3-6,8-15,22,29H,7,16-21,23H2,1-2H3,(H,33,38). The molecule has 2 heterocycles. The normalized spacial score (nSPS) is 17.5. The van der Waals surface area contributed by atoms with Crippen LogP contribution in [0.5, 0.6) is 11.5 Å². The van der Waals surface area contributed by atoms with E-state index in [-0.39, 0.29) is 18.2 Å². The van der Waals surface area contributed by atoms with Gasteiger partial charge in [0.1, 0.15) is 17.5 Å². The highest BCUT2D eigenvalue weighted by atomic mass is 32.1. The van der Waals surface area contributed by atoms with Gasteiger partial charge >= 0.3 is 0 Å². The number of rotatable bonds is 11. The molecule has 0 bridgehead atoms. The maximum Gasteiger partial charge on any atom is 0.256 e. The number of nitrogens with one attached hydrogen (secondary N) is 1. The Kier molecular flexibility index (Phi) is 9.55. The van der Waals surface area contributed by atoms with Gasteiger partial charge in [-0.2, -0.15) is 0 Å². The van der Waals surface area contributed by atoms with Crippen molar-refractivity contribution in [3.05, 3.63) is 78.9 Å². The number of hydrogen-bond acceptors (Lipinski definition) is 7. The van der Waals surface area contributed by atoms with Gasteiger partial charge < -0.3 is 24.6 Å². The van der Waals surface area contributed by atoms with Crippen molar-refractivity contribution in [1.29, 1.82) is 0 Å². The highest BCUT2D eigenvalue weighted by Gasteiger charge is 2.44. The first kappa shape index (κ1) is 29.3. The number of ether oxygens (including phenoxy) is 2. The number of hydrogen-bond donors (Lipinski definition) is 1. The molecule has 2 saturated heterocycles.